The van der Waals surface area contributed by atoms with Gasteiger partial charge in [0, 0.05) is 18.1 Å². The first kappa shape index (κ1) is 18.3. The normalized spacial score (nSPS) is 10.6. The number of benzene rings is 2. The Labute approximate surface area is 154 Å². The number of carbonyl (C=O) groups excluding carboxylic acids is 1. The summed E-state index contributed by atoms with van der Waals surface area (Å²) in [6, 6.07) is 12.9. The van der Waals surface area contributed by atoms with Crippen molar-refractivity contribution in [3.8, 4) is 0 Å². The quantitative estimate of drug-likeness (QED) is 0.703. The summed E-state index contributed by atoms with van der Waals surface area (Å²) in [4.78, 5) is 36.6. The molecule has 0 aliphatic heterocycles. The molecule has 0 aliphatic rings. The zero-order valence-electron chi connectivity index (χ0n) is 14.7. The molecule has 0 fully saturated rings. The van der Waals surface area contributed by atoms with Crippen LogP contribution in [0.4, 0.5) is 10.1 Å². The van der Waals surface area contributed by atoms with E-state index in [1.54, 1.807) is 0 Å². The molecule has 6 nitrogen and oxygen atoms in total. The number of nitrogens with zero attached hydrogens (tertiary/aromatic N) is 2. The molecular weight excluding hydrogens is 349 g/mol. The Morgan fingerprint density at radius 3 is 2.19 bits per heavy atom. The molecule has 0 spiro atoms. The number of aromatic nitrogens is 2. The fourth-order valence-electron chi connectivity index (χ4n) is 2.57. The summed E-state index contributed by atoms with van der Waals surface area (Å²) in [6.07, 6.45) is 2.89. The van der Waals surface area contributed by atoms with Crippen molar-refractivity contribution in [3.63, 3.8) is 0 Å². The molecule has 0 saturated heterocycles. The zero-order valence-corrected chi connectivity index (χ0v) is 14.7. The van der Waals surface area contributed by atoms with Crippen molar-refractivity contribution in [2.75, 3.05) is 5.32 Å². The molecule has 2 aromatic carbocycles. The monoisotopic (exact) mass is 367 g/mol. The van der Waals surface area contributed by atoms with Gasteiger partial charge in [-0.15, -0.1) is 0 Å². The average molecular weight is 367 g/mol. The minimum absolute atomic E-state index is 0.275. The van der Waals surface area contributed by atoms with Crippen LogP contribution in [0.2, 0.25) is 0 Å². The van der Waals surface area contributed by atoms with E-state index in [0.29, 0.717) is 5.69 Å². The molecule has 1 N–H and O–H groups in total. The first-order chi connectivity index (χ1) is 12.9. The van der Waals surface area contributed by atoms with Gasteiger partial charge in [-0.3, -0.25) is 19.0 Å². The van der Waals surface area contributed by atoms with E-state index in [9.17, 15) is 18.8 Å². The smallest absolute Gasteiger partial charge is 0.316 e. The summed E-state index contributed by atoms with van der Waals surface area (Å²) in [7, 11) is 0. The maximum Gasteiger partial charge on any atom is 0.316 e. The highest BCUT2D eigenvalue weighted by atomic mass is 19.1. The zero-order chi connectivity index (χ0) is 19.4. The van der Waals surface area contributed by atoms with Crippen molar-refractivity contribution in [3.05, 3.63) is 98.6 Å². The summed E-state index contributed by atoms with van der Waals surface area (Å²) in [6.45, 7) is 1.93. The molecule has 0 atom stereocenters. The topological polar surface area (TPSA) is 73.1 Å². The SMILES string of the molecule is Cc1ccc(Cn2ccn(CC(=O)Nc3ccc(F)cc3)c(=O)c2=O)cc1. The van der Waals surface area contributed by atoms with E-state index >= 15 is 0 Å². The number of hydrogen-bond acceptors (Lipinski definition) is 3. The van der Waals surface area contributed by atoms with Crippen molar-refractivity contribution < 1.29 is 9.18 Å². The van der Waals surface area contributed by atoms with E-state index in [1.807, 2.05) is 31.2 Å². The molecule has 0 radical (unpaired) electrons. The highest BCUT2D eigenvalue weighted by molar-refractivity contribution is 5.90. The summed E-state index contributed by atoms with van der Waals surface area (Å²) >= 11 is 0. The number of carbonyl (C=O) groups is 1. The van der Waals surface area contributed by atoms with Crippen LogP contribution in [0.15, 0.2) is 70.5 Å². The van der Waals surface area contributed by atoms with Crippen LogP contribution in [0.3, 0.4) is 0 Å². The number of nitrogens with one attached hydrogen (secondary N) is 1. The lowest BCUT2D eigenvalue weighted by molar-refractivity contribution is -0.116. The van der Waals surface area contributed by atoms with Gasteiger partial charge in [0.2, 0.25) is 5.91 Å². The largest absolute Gasteiger partial charge is 0.325 e. The first-order valence-electron chi connectivity index (χ1n) is 8.33. The van der Waals surface area contributed by atoms with E-state index in [2.05, 4.69) is 5.32 Å². The van der Waals surface area contributed by atoms with E-state index in [1.165, 1.54) is 41.2 Å². The van der Waals surface area contributed by atoms with Gasteiger partial charge in [0.1, 0.15) is 12.4 Å². The molecule has 0 unspecified atom stereocenters. The summed E-state index contributed by atoms with van der Waals surface area (Å²) in [5.74, 6) is -0.902. The lowest BCUT2D eigenvalue weighted by atomic mass is 10.1. The van der Waals surface area contributed by atoms with Gasteiger partial charge in [0.25, 0.3) is 0 Å². The van der Waals surface area contributed by atoms with E-state index < -0.39 is 22.8 Å². The number of anilines is 1. The Bertz CT molecular complexity index is 1070. The highest BCUT2D eigenvalue weighted by Crippen LogP contribution is 2.08. The first-order valence-corrected chi connectivity index (χ1v) is 8.33. The second-order valence-corrected chi connectivity index (χ2v) is 6.20. The predicted octanol–water partition coefficient (Wildman–Crippen LogP) is 2.14. The summed E-state index contributed by atoms with van der Waals surface area (Å²) in [5.41, 5.74) is 0.927. The molecule has 27 heavy (non-hydrogen) atoms. The van der Waals surface area contributed by atoms with Gasteiger partial charge in [-0.05, 0) is 36.8 Å². The maximum atomic E-state index is 12.9. The van der Waals surface area contributed by atoms with Crippen LogP contribution in [0, 0.1) is 12.7 Å². The van der Waals surface area contributed by atoms with Crippen molar-refractivity contribution in [2.45, 2.75) is 20.0 Å². The van der Waals surface area contributed by atoms with E-state index in [0.717, 1.165) is 15.7 Å². The Balaban J connectivity index is 1.73. The van der Waals surface area contributed by atoms with E-state index in [-0.39, 0.29) is 13.1 Å². The van der Waals surface area contributed by atoms with Gasteiger partial charge in [-0.2, -0.15) is 0 Å². The molecule has 3 aromatic rings. The molecule has 1 amide bonds. The van der Waals surface area contributed by atoms with Crippen LogP contribution in [0.1, 0.15) is 11.1 Å². The molecule has 7 heteroatoms. The standard InChI is InChI=1S/C20H18FN3O3/c1-14-2-4-15(5-3-14)12-23-10-11-24(20(27)19(23)26)13-18(25)22-17-8-6-16(21)7-9-17/h2-11H,12-13H2,1H3,(H,22,25). The molecule has 0 bridgehead atoms. The number of halogens is 1. The summed E-state index contributed by atoms with van der Waals surface area (Å²) < 4.78 is 15.2. The van der Waals surface area contributed by atoms with Gasteiger partial charge in [-0.25, -0.2) is 4.39 Å². The number of amides is 1. The van der Waals surface area contributed by atoms with Crippen molar-refractivity contribution in [2.24, 2.45) is 0 Å². The highest BCUT2D eigenvalue weighted by Gasteiger charge is 2.10. The minimum atomic E-state index is -0.779. The molecule has 0 aliphatic carbocycles. The van der Waals surface area contributed by atoms with Crippen molar-refractivity contribution in [1.29, 1.82) is 0 Å². The fraction of sp³-hybridized carbons (Fsp3) is 0.150. The van der Waals surface area contributed by atoms with Gasteiger partial charge >= 0.3 is 11.1 Å². The lowest BCUT2D eigenvalue weighted by Gasteiger charge is -2.10. The number of rotatable bonds is 5. The molecule has 138 valence electrons. The average Bonchev–Trinajstić information content (AvgIpc) is 2.65. The fourth-order valence-corrected chi connectivity index (χ4v) is 2.57. The third-order valence-electron chi connectivity index (χ3n) is 4.05. The Kier molecular flexibility index (Phi) is 5.30. The Morgan fingerprint density at radius 2 is 1.52 bits per heavy atom. The summed E-state index contributed by atoms with van der Waals surface area (Å²) in [5, 5.41) is 2.55. The maximum absolute atomic E-state index is 12.9. The van der Waals surface area contributed by atoms with Gasteiger partial charge in [-0.1, -0.05) is 29.8 Å². The molecular formula is C20H18FN3O3. The predicted molar refractivity (Wildman–Crippen MR) is 100 cm³/mol. The third-order valence-corrected chi connectivity index (χ3v) is 4.05. The molecule has 0 saturated carbocycles. The van der Waals surface area contributed by atoms with Gasteiger partial charge in [0.05, 0.1) is 6.54 Å². The second kappa shape index (κ2) is 7.82. The number of aryl methyl sites for hydroxylation is 1. The van der Waals surface area contributed by atoms with Crippen LogP contribution in [0.25, 0.3) is 0 Å². The van der Waals surface area contributed by atoms with Crippen molar-refractivity contribution in [1.82, 2.24) is 9.13 Å². The Morgan fingerprint density at radius 1 is 0.926 bits per heavy atom. The Hall–Kier alpha value is -3.48. The van der Waals surface area contributed by atoms with Crippen LogP contribution in [-0.2, 0) is 17.9 Å². The third kappa shape index (κ3) is 4.58. The number of hydrogen-bond donors (Lipinski definition) is 1. The molecule has 1 heterocycles. The van der Waals surface area contributed by atoms with Crippen molar-refractivity contribution >= 4 is 11.6 Å². The second-order valence-electron chi connectivity index (χ2n) is 6.20. The molecule has 1 aromatic heterocycles. The van der Waals surface area contributed by atoms with Gasteiger partial charge in [0.15, 0.2) is 0 Å². The van der Waals surface area contributed by atoms with E-state index in [4.69, 9.17) is 0 Å². The van der Waals surface area contributed by atoms with Crippen LogP contribution < -0.4 is 16.4 Å². The molecule has 3 rings (SSSR count). The van der Waals surface area contributed by atoms with Crippen LogP contribution in [-0.4, -0.2) is 15.0 Å². The van der Waals surface area contributed by atoms with Crippen LogP contribution in [0.5, 0.6) is 0 Å². The lowest BCUT2D eigenvalue weighted by Crippen LogP contribution is -2.42. The van der Waals surface area contributed by atoms with Crippen LogP contribution >= 0.6 is 0 Å². The minimum Gasteiger partial charge on any atom is -0.325 e. The van der Waals surface area contributed by atoms with Gasteiger partial charge < -0.3 is 9.88 Å².